The van der Waals surface area contributed by atoms with Crippen LogP contribution in [-0.2, 0) is 18.4 Å². The van der Waals surface area contributed by atoms with Crippen LogP contribution in [0.4, 0.5) is 0 Å². The summed E-state index contributed by atoms with van der Waals surface area (Å²) < 4.78 is 2.44. The lowest BCUT2D eigenvalue weighted by Gasteiger charge is -2.25. The Morgan fingerprint density at radius 2 is 1.13 bits per heavy atom. The van der Waals surface area contributed by atoms with E-state index >= 15 is 0 Å². The van der Waals surface area contributed by atoms with E-state index in [2.05, 4.69) is 127 Å². The molecule has 1 aromatic heterocycles. The number of aromatic nitrogens is 1. The summed E-state index contributed by atoms with van der Waals surface area (Å²) in [6, 6.07) is 38.6. The third-order valence-electron chi connectivity index (χ3n) is 5.94. The maximum absolute atomic E-state index is 6.69. The highest BCUT2D eigenvalue weighted by Crippen LogP contribution is 2.46. The third-order valence-corrected chi connectivity index (χ3v) is 11.0. The molecule has 0 amide bonds. The number of nitrogens with zero attached hydrogens (tertiary/aromatic N) is 1. The molecular weight excluding hydrogens is 413 g/mol. The lowest BCUT2D eigenvalue weighted by Crippen LogP contribution is -2.26. The van der Waals surface area contributed by atoms with E-state index in [1.54, 1.807) is 0 Å². The van der Waals surface area contributed by atoms with Gasteiger partial charge >= 0.3 is 0 Å². The highest BCUT2D eigenvalue weighted by Gasteiger charge is 2.30. The van der Waals surface area contributed by atoms with Crippen LogP contribution in [0.3, 0.4) is 0 Å². The van der Waals surface area contributed by atoms with Crippen molar-refractivity contribution >= 4 is 44.7 Å². The number of benzene rings is 4. The molecule has 0 bridgehead atoms. The predicted octanol–water partition coefficient (Wildman–Crippen LogP) is 5.75. The van der Waals surface area contributed by atoms with Gasteiger partial charge in [0.15, 0.2) is 0 Å². The summed E-state index contributed by atoms with van der Waals surface area (Å²) in [5, 5.41) is 5.06. The van der Waals surface area contributed by atoms with Crippen LogP contribution in [0.2, 0.25) is 0 Å². The summed E-state index contributed by atoms with van der Waals surface area (Å²) in [5.74, 6) is 0. The molecule has 5 rings (SSSR count). The van der Waals surface area contributed by atoms with Crippen LogP contribution in [0.15, 0.2) is 115 Å². The van der Waals surface area contributed by atoms with Gasteiger partial charge in [-0.15, -0.1) is 0 Å². The topological polar surface area (TPSA) is 4.93 Å². The largest absolute Gasteiger partial charge is 0.340 e. The average molecular weight is 438 g/mol. The Morgan fingerprint density at radius 3 is 1.71 bits per heavy atom. The van der Waals surface area contributed by atoms with E-state index in [-0.39, 0.29) is 0 Å². The van der Waals surface area contributed by atoms with Crippen molar-refractivity contribution in [2.24, 2.45) is 0 Å². The third kappa shape index (κ3) is 3.47. The molecule has 0 radical (unpaired) electrons. The molecule has 0 aliphatic heterocycles. The van der Waals surface area contributed by atoms with Crippen molar-refractivity contribution in [2.75, 3.05) is 0 Å². The van der Waals surface area contributed by atoms with Crippen molar-refractivity contribution in [3.05, 3.63) is 127 Å². The molecule has 1 heterocycles. The molecule has 5 aromatic rings. The van der Waals surface area contributed by atoms with E-state index in [0.717, 1.165) is 6.54 Å². The van der Waals surface area contributed by atoms with Crippen molar-refractivity contribution < 1.29 is 0 Å². The van der Waals surface area contributed by atoms with E-state index in [4.69, 9.17) is 11.8 Å². The van der Waals surface area contributed by atoms with Crippen LogP contribution in [-0.4, -0.2) is 4.57 Å². The Bertz CT molecular complexity index is 1330. The molecule has 152 valence electrons. The fourth-order valence-electron chi connectivity index (χ4n) is 4.46. The Labute approximate surface area is 189 Å². The summed E-state index contributed by atoms with van der Waals surface area (Å²) in [5.41, 5.74) is 3.81. The minimum Gasteiger partial charge on any atom is -0.340 e. The molecule has 0 aliphatic rings. The van der Waals surface area contributed by atoms with Gasteiger partial charge in [0.2, 0.25) is 0 Å². The Balaban J connectivity index is 1.82. The zero-order valence-electron chi connectivity index (χ0n) is 17.5. The summed E-state index contributed by atoms with van der Waals surface area (Å²) >= 11 is 6.69. The maximum atomic E-state index is 6.69. The van der Waals surface area contributed by atoms with Gasteiger partial charge in [-0.3, -0.25) is 0 Å². The molecule has 0 saturated carbocycles. The number of fused-ring (bicyclic) bond motifs is 1. The molecule has 1 nitrogen and oxygen atoms in total. The summed E-state index contributed by atoms with van der Waals surface area (Å²) in [4.78, 5) is 0. The number of hydrogen-bond donors (Lipinski definition) is 0. The average Bonchev–Trinajstić information content (AvgIpc) is 3.12. The molecule has 0 saturated heterocycles. The maximum Gasteiger partial charge on any atom is 0.0492 e. The second-order valence-corrected chi connectivity index (χ2v) is 12.1. The Kier molecular flexibility index (Phi) is 5.36. The van der Waals surface area contributed by atoms with Gasteiger partial charge in [-0.2, -0.15) is 0 Å². The monoisotopic (exact) mass is 437 g/mol. The minimum absolute atomic E-state index is 0.839. The van der Waals surface area contributed by atoms with Crippen molar-refractivity contribution in [3.8, 4) is 0 Å². The molecular formula is C28H24NPS. The normalized spacial score (nSPS) is 11.6. The summed E-state index contributed by atoms with van der Waals surface area (Å²) in [6.45, 7) is 3.08. The molecule has 0 fully saturated rings. The second-order valence-electron chi connectivity index (χ2n) is 7.80. The highest BCUT2D eigenvalue weighted by atomic mass is 32.4. The van der Waals surface area contributed by atoms with Crippen LogP contribution in [0.25, 0.3) is 10.9 Å². The van der Waals surface area contributed by atoms with Crippen molar-refractivity contribution in [2.45, 2.75) is 13.5 Å². The second kappa shape index (κ2) is 8.30. The van der Waals surface area contributed by atoms with Gasteiger partial charge in [-0.25, -0.2) is 0 Å². The van der Waals surface area contributed by atoms with E-state index in [1.165, 1.54) is 38.1 Å². The molecule has 4 aromatic carbocycles. The first-order valence-electron chi connectivity index (χ1n) is 10.5. The smallest absolute Gasteiger partial charge is 0.0492 e. The predicted molar refractivity (Wildman–Crippen MR) is 138 cm³/mol. The molecule has 0 atom stereocenters. The zero-order valence-corrected chi connectivity index (χ0v) is 19.2. The van der Waals surface area contributed by atoms with Crippen LogP contribution < -0.4 is 15.9 Å². The minimum atomic E-state index is -2.23. The summed E-state index contributed by atoms with van der Waals surface area (Å²) in [6.07, 6.45) is 0. The fourth-order valence-corrected chi connectivity index (χ4v) is 8.99. The molecule has 0 aliphatic carbocycles. The van der Waals surface area contributed by atoms with Gasteiger partial charge in [0, 0.05) is 34.5 Å². The number of hydrogen-bond acceptors (Lipinski definition) is 1. The first kappa shape index (κ1) is 20.0. The number of para-hydroxylation sites is 1. The van der Waals surface area contributed by atoms with Crippen molar-refractivity contribution in [1.82, 2.24) is 4.57 Å². The van der Waals surface area contributed by atoms with Crippen LogP contribution in [0.1, 0.15) is 11.3 Å². The molecule has 3 heteroatoms. The van der Waals surface area contributed by atoms with E-state index in [9.17, 15) is 0 Å². The first-order chi connectivity index (χ1) is 15.2. The summed E-state index contributed by atoms with van der Waals surface area (Å²) in [7, 11) is 0. The van der Waals surface area contributed by atoms with Gasteiger partial charge in [-0.1, -0.05) is 121 Å². The standard InChI is InChI=1S/C28H24NPS/c1-22-28(30(31,24-15-7-3-8-16-24)25-17-9-4-10-18-25)26-19-11-12-20-27(26)29(22)21-23-13-5-2-6-14-23/h2-20H,21H2,1H3. The SMILES string of the molecule is Cc1c(P(=S)(c2ccccc2)c2ccccc2)c2ccccc2n1Cc1ccccc1. The van der Waals surface area contributed by atoms with Gasteiger partial charge < -0.3 is 4.57 Å². The van der Waals surface area contributed by atoms with Crippen molar-refractivity contribution in [3.63, 3.8) is 0 Å². The fraction of sp³-hybridized carbons (Fsp3) is 0.0714. The van der Waals surface area contributed by atoms with Gasteiger partial charge in [0.25, 0.3) is 0 Å². The number of rotatable bonds is 5. The van der Waals surface area contributed by atoms with Crippen LogP contribution in [0, 0.1) is 6.92 Å². The van der Waals surface area contributed by atoms with E-state index < -0.39 is 6.04 Å². The van der Waals surface area contributed by atoms with E-state index in [1.807, 2.05) is 0 Å². The van der Waals surface area contributed by atoms with E-state index in [0.29, 0.717) is 0 Å². The van der Waals surface area contributed by atoms with Gasteiger partial charge in [-0.05, 0) is 29.2 Å². The Morgan fingerprint density at radius 1 is 0.645 bits per heavy atom. The zero-order chi connectivity index (χ0) is 21.3. The van der Waals surface area contributed by atoms with Crippen molar-refractivity contribution in [1.29, 1.82) is 0 Å². The highest BCUT2D eigenvalue weighted by molar-refractivity contribution is 8.25. The molecule has 0 unspecified atom stereocenters. The van der Waals surface area contributed by atoms with Gasteiger partial charge in [0.05, 0.1) is 0 Å². The quantitative estimate of drug-likeness (QED) is 0.317. The molecule has 31 heavy (non-hydrogen) atoms. The Hall–Kier alpha value is -2.93. The first-order valence-corrected chi connectivity index (χ1v) is 13.3. The lowest BCUT2D eigenvalue weighted by atomic mass is 10.2. The van der Waals surface area contributed by atoms with Crippen LogP contribution >= 0.6 is 6.04 Å². The molecule has 0 N–H and O–H groups in total. The van der Waals surface area contributed by atoms with Gasteiger partial charge in [0.1, 0.15) is 0 Å². The van der Waals surface area contributed by atoms with Crippen LogP contribution in [0.5, 0.6) is 0 Å². The lowest BCUT2D eigenvalue weighted by molar-refractivity contribution is 0.808. The molecule has 0 spiro atoms.